The molecule has 0 aromatic carbocycles. The van der Waals surface area contributed by atoms with Gasteiger partial charge in [0.2, 0.25) is 0 Å². The first-order valence-electron chi connectivity index (χ1n) is 7.52. The number of anilines is 1. The van der Waals surface area contributed by atoms with Crippen molar-refractivity contribution in [3.05, 3.63) is 23.4 Å². The highest BCUT2D eigenvalue weighted by Gasteiger charge is 2.30. The number of carboxylic acid groups (broad SMARTS) is 1. The van der Waals surface area contributed by atoms with Crippen molar-refractivity contribution in [2.24, 2.45) is 5.92 Å². The smallest absolute Gasteiger partial charge is 0.335 e. The topological polar surface area (TPSA) is 53.4 Å². The van der Waals surface area contributed by atoms with Gasteiger partial charge in [0, 0.05) is 18.3 Å². The van der Waals surface area contributed by atoms with Gasteiger partial charge in [-0.3, -0.25) is 0 Å². The molecule has 1 aliphatic rings. The molecule has 0 atom stereocenters. The Labute approximate surface area is 120 Å². The number of aromatic carboxylic acids is 1. The molecule has 4 heteroatoms. The van der Waals surface area contributed by atoms with E-state index >= 15 is 0 Å². The maximum Gasteiger partial charge on any atom is 0.335 e. The maximum absolute atomic E-state index is 11.2. The molecule has 0 radical (unpaired) electrons. The fourth-order valence-electron chi connectivity index (χ4n) is 2.29. The second-order valence-electron chi connectivity index (χ2n) is 5.97. The summed E-state index contributed by atoms with van der Waals surface area (Å²) < 4.78 is 0. The van der Waals surface area contributed by atoms with E-state index in [9.17, 15) is 9.90 Å². The predicted octanol–water partition coefficient (Wildman–Crippen LogP) is 3.36. The molecule has 2 rings (SSSR count). The lowest BCUT2D eigenvalue weighted by Crippen LogP contribution is -2.29. The number of hydrogen-bond acceptors (Lipinski definition) is 3. The van der Waals surface area contributed by atoms with Crippen LogP contribution in [0.15, 0.2) is 12.1 Å². The monoisotopic (exact) mass is 276 g/mol. The van der Waals surface area contributed by atoms with E-state index in [0.29, 0.717) is 17.5 Å². The minimum Gasteiger partial charge on any atom is -0.478 e. The molecule has 20 heavy (non-hydrogen) atoms. The average molecular weight is 276 g/mol. The molecule has 4 nitrogen and oxygen atoms in total. The van der Waals surface area contributed by atoms with E-state index in [0.717, 1.165) is 30.9 Å². The Bertz CT molecular complexity index is 481. The van der Waals surface area contributed by atoms with Gasteiger partial charge < -0.3 is 10.0 Å². The van der Waals surface area contributed by atoms with Crippen LogP contribution in [-0.4, -0.2) is 28.6 Å². The third-order valence-electron chi connectivity index (χ3n) is 3.70. The van der Waals surface area contributed by atoms with Gasteiger partial charge in [0.1, 0.15) is 5.82 Å². The number of nitrogens with zero attached hydrogens (tertiary/aromatic N) is 2. The van der Waals surface area contributed by atoms with Gasteiger partial charge in [-0.1, -0.05) is 20.8 Å². The molecule has 0 amide bonds. The summed E-state index contributed by atoms with van der Waals surface area (Å²) in [6.07, 6.45) is 4.25. The third-order valence-corrected chi connectivity index (χ3v) is 3.70. The Balaban J connectivity index is 2.26. The number of pyridine rings is 1. The Morgan fingerprint density at radius 3 is 2.65 bits per heavy atom. The van der Waals surface area contributed by atoms with E-state index < -0.39 is 5.97 Å². The first kappa shape index (κ1) is 14.8. The Hall–Kier alpha value is -1.58. The van der Waals surface area contributed by atoms with Gasteiger partial charge in [0.15, 0.2) is 0 Å². The number of aryl methyl sites for hydroxylation is 1. The minimum absolute atomic E-state index is 0.349. The van der Waals surface area contributed by atoms with Crippen molar-refractivity contribution in [2.45, 2.75) is 52.5 Å². The third kappa shape index (κ3) is 3.71. The summed E-state index contributed by atoms with van der Waals surface area (Å²) >= 11 is 0. The van der Waals surface area contributed by atoms with Crippen molar-refractivity contribution in [1.82, 2.24) is 4.98 Å². The van der Waals surface area contributed by atoms with Gasteiger partial charge in [-0.05, 0) is 43.7 Å². The van der Waals surface area contributed by atoms with E-state index in [1.165, 1.54) is 12.8 Å². The summed E-state index contributed by atoms with van der Waals surface area (Å²) in [7, 11) is 0. The first-order chi connectivity index (χ1) is 9.51. The average Bonchev–Trinajstić information content (AvgIpc) is 3.22. The standard InChI is InChI=1S/C16H24N2O2/c1-4-13-9-12(16(19)20)10-15(17-13)18(14-5-6-14)8-7-11(2)3/h9-11,14H,4-8H2,1-3H3,(H,19,20). The van der Waals surface area contributed by atoms with E-state index in [-0.39, 0.29) is 0 Å². The summed E-state index contributed by atoms with van der Waals surface area (Å²) in [6, 6.07) is 3.95. The summed E-state index contributed by atoms with van der Waals surface area (Å²) in [5.74, 6) is 0.609. The molecule has 1 aromatic heterocycles. The van der Waals surface area contributed by atoms with Crippen molar-refractivity contribution in [1.29, 1.82) is 0 Å². The van der Waals surface area contributed by atoms with Crippen LogP contribution in [0.1, 0.15) is 56.1 Å². The van der Waals surface area contributed by atoms with Crippen molar-refractivity contribution < 1.29 is 9.90 Å². The zero-order chi connectivity index (χ0) is 14.7. The van der Waals surface area contributed by atoms with Crippen LogP contribution in [0.5, 0.6) is 0 Å². The molecule has 0 aliphatic heterocycles. The van der Waals surface area contributed by atoms with Crippen LogP contribution in [-0.2, 0) is 6.42 Å². The van der Waals surface area contributed by atoms with Gasteiger partial charge >= 0.3 is 5.97 Å². The van der Waals surface area contributed by atoms with E-state index in [2.05, 4.69) is 23.7 Å². The van der Waals surface area contributed by atoms with Crippen LogP contribution in [0.25, 0.3) is 0 Å². The molecule has 1 aromatic rings. The molecule has 1 heterocycles. The van der Waals surface area contributed by atoms with E-state index in [1.54, 1.807) is 12.1 Å². The Morgan fingerprint density at radius 1 is 1.45 bits per heavy atom. The molecule has 1 fully saturated rings. The first-order valence-corrected chi connectivity index (χ1v) is 7.52. The summed E-state index contributed by atoms with van der Waals surface area (Å²) in [6.45, 7) is 7.39. The van der Waals surface area contributed by atoms with Gasteiger partial charge in [0.05, 0.1) is 5.56 Å². The molecule has 0 saturated heterocycles. The molecule has 1 saturated carbocycles. The number of carboxylic acids is 1. The molecule has 110 valence electrons. The van der Waals surface area contributed by atoms with Crippen LogP contribution in [0.4, 0.5) is 5.82 Å². The van der Waals surface area contributed by atoms with E-state index in [4.69, 9.17) is 0 Å². The summed E-state index contributed by atoms with van der Waals surface area (Å²) in [5, 5.41) is 9.24. The number of rotatable bonds is 7. The lowest BCUT2D eigenvalue weighted by atomic mass is 10.1. The van der Waals surface area contributed by atoms with Crippen molar-refractivity contribution in [3.8, 4) is 0 Å². The lowest BCUT2D eigenvalue weighted by molar-refractivity contribution is 0.0696. The normalized spacial score (nSPS) is 14.6. The molecule has 1 aliphatic carbocycles. The van der Waals surface area contributed by atoms with Crippen LogP contribution in [0.2, 0.25) is 0 Å². The zero-order valence-electron chi connectivity index (χ0n) is 12.6. The predicted molar refractivity (Wildman–Crippen MR) is 80.4 cm³/mol. The Kier molecular flexibility index (Phi) is 4.63. The molecule has 0 unspecified atom stereocenters. The highest BCUT2D eigenvalue weighted by atomic mass is 16.4. The number of carbonyl (C=O) groups is 1. The molecule has 0 bridgehead atoms. The zero-order valence-corrected chi connectivity index (χ0v) is 12.6. The lowest BCUT2D eigenvalue weighted by Gasteiger charge is -2.25. The van der Waals surface area contributed by atoms with Gasteiger partial charge in [0.25, 0.3) is 0 Å². The number of aromatic nitrogens is 1. The minimum atomic E-state index is -0.872. The van der Waals surface area contributed by atoms with Crippen LogP contribution < -0.4 is 4.90 Å². The van der Waals surface area contributed by atoms with E-state index in [1.807, 2.05) is 6.92 Å². The fraction of sp³-hybridized carbons (Fsp3) is 0.625. The van der Waals surface area contributed by atoms with Crippen LogP contribution >= 0.6 is 0 Å². The quantitative estimate of drug-likeness (QED) is 0.829. The SMILES string of the molecule is CCc1cc(C(=O)O)cc(N(CCC(C)C)C2CC2)n1. The van der Waals surface area contributed by atoms with Crippen molar-refractivity contribution in [2.75, 3.05) is 11.4 Å². The molecule has 0 spiro atoms. The second-order valence-corrected chi connectivity index (χ2v) is 5.97. The van der Waals surface area contributed by atoms with Crippen LogP contribution in [0, 0.1) is 5.92 Å². The van der Waals surface area contributed by atoms with Gasteiger partial charge in [-0.15, -0.1) is 0 Å². The summed E-state index contributed by atoms with van der Waals surface area (Å²) in [4.78, 5) is 18.2. The van der Waals surface area contributed by atoms with Crippen LogP contribution in [0.3, 0.4) is 0 Å². The van der Waals surface area contributed by atoms with Gasteiger partial charge in [-0.2, -0.15) is 0 Å². The Morgan fingerprint density at radius 2 is 2.15 bits per heavy atom. The van der Waals surface area contributed by atoms with Gasteiger partial charge in [-0.25, -0.2) is 9.78 Å². The maximum atomic E-state index is 11.2. The molecule has 1 N–H and O–H groups in total. The molecular weight excluding hydrogens is 252 g/mol. The fourth-order valence-corrected chi connectivity index (χ4v) is 2.29. The highest BCUT2D eigenvalue weighted by molar-refractivity contribution is 5.88. The summed E-state index contributed by atoms with van der Waals surface area (Å²) in [5.41, 5.74) is 1.21. The highest BCUT2D eigenvalue weighted by Crippen LogP contribution is 2.32. The molecular formula is C16H24N2O2. The second kappa shape index (κ2) is 6.25. The van der Waals surface area contributed by atoms with Crippen molar-refractivity contribution in [3.63, 3.8) is 0 Å². The number of hydrogen-bond donors (Lipinski definition) is 1. The van der Waals surface area contributed by atoms with Crippen molar-refractivity contribution >= 4 is 11.8 Å². The largest absolute Gasteiger partial charge is 0.478 e.